The van der Waals surface area contributed by atoms with Gasteiger partial charge in [0.05, 0.1) is 0 Å². The summed E-state index contributed by atoms with van der Waals surface area (Å²) in [5.74, 6) is -1.94. The standard InChI is InChI=1S/C7H9NO4/c1-4-3-6(10)8(7(4)11)12-5(2)9/h4H,3H2,1-2H3. The van der Waals surface area contributed by atoms with Gasteiger partial charge in [-0.2, -0.15) is 0 Å². The van der Waals surface area contributed by atoms with Crippen molar-refractivity contribution in [2.45, 2.75) is 20.3 Å². The van der Waals surface area contributed by atoms with Crippen molar-refractivity contribution >= 4 is 17.8 Å². The van der Waals surface area contributed by atoms with Crippen molar-refractivity contribution in [3.8, 4) is 0 Å². The largest absolute Gasteiger partial charge is 0.331 e. The summed E-state index contributed by atoms with van der Waals surface area (Å²) in [7, 11) is 0. The van der Waals surface area contributed by atoms with Crippen LogP contribution in [0.1, 0.15) is 20.3 Å². The lowest BCUT2D eigenvalue weighted by Crippen LogP contribution is -2.32. The highest BCUT2D eigenvalue weighted by atomic mass is 16.7. The van der Waals surface area contributed by atoms with E-state index >= 15 is 0 Å². The van der Waals surface area contributed by atoms with Crippen LogP contribution in [0.25, 0.3) is 0 Å². The van der Waals surface area contributed by atoms with Crippen molar-refractivity contribution in [1.82, 2.24) is 5.06 Å². The fraction of sp³-hybridized carbons (Fsp3) is 0.571. The Labute approximate surface area is 69.2 Å². The zero-order chi connectivity index (χ0) is 9.30. The fourth-order valence-corrected chi connectivity index (χ4v) is 0.980. The molecule has 5 heteroatoms. The van der Waals surface area contributed by atoms with Gasteiger partial charge in [-0.05, 0) is 0 Å². The summed E-state index contributed by atoms with van der Waals surface area (Å²) in [5.41, 5.74) is 0. The second-order valence-corrected chi connectivity index (χ2v) is 2.71. The molecule has 1 unspecified atom stereocenters. The van der Waals surface area contributed by atoms with Crippen LogP contribution in [0.4, 0.5) is 0 Å². The minimum absolute atomic E-state index is 0.117. The van der Waals surface area contributed by atoms with E-state index in [-0.39, 0.29) is 12.3 Å². The highest BCUT2D eigenvalue weighted by Crippen LogP contribution is 2.18. The van der Waals surface area contributed by atoms with Crippen LogP contribution in [-0.2, 0) is 19.2 Å². The number of hydrogen-bond donors (Lipinski definition) is 0. The molecule has 0 aromatic carbocycles. The van der Waals surface area contributed by atoms with Gasteiger partial charge in [-0.3, -0.25) is 9.59 Å². The van der Waals surface area contributed by atoms with E-state index < -0.39 is 17.8 Å². The maximum Gasteiger partial charge on any atom is 0.330 e. The van der Waals surface area contributed by atoms with Crippen LogP contribution in [0, 0.1) is 5.92 Å². The van der Waals surface area contributed by atoms with Gasteiger partial charge in [0.25, 0.3) is 11.8 Å². The molecule has 0 bridgehead atoms. The maximum atomic E-state index is 11.1. The van der Waals surface area contributed by atoms with Gasteiger partial charge in [-0.25, -0.2) is 4.79 Å². The van der Waals surface area contributed by atoms with E-state index in [1.54, 1.807) is 6.92 Å². The van der Waals surface area contributed by atoms with Gasteiger partial charge in [0.2, 0.25) is 0 Å². The zero-order valence-electron chi connectivity index (χ0n) is 6.86. The SMILES string of the molecule is CC(=O)ON1C(=O)CC(C)C1=O. The van der Waals surface area contributed by atoms with Crippen LogP contribution < -0.4 is 0 Å². The van der Waals surface area contributed by atoms with Gasteiger partial charge in [0.1, 0.15) is 0 Å². The summed E-state index contributed by atoms with van der Waals surface area (Å²) in [6, 6.07) is 0. The van der Waals surface area contributed by atoms with Crippen LogP contribution in [0.3, 0.4) is 0 Å². The Balaban J connectivity index is 2.70. The van der Waals surface area contributed by atoms with Gasteiger partial charge >= 0.3 is 5.97 Å². The molecule has 2 amide bonds. The van der Waals surface area contributed by atoms with Gasteiger partial charge in [0.15, 0.2) is 0 Å². The maximum absolute atomic E-state index is 11.1. The topological polar surface area (TPSA) is 63.7 Å². The third-order valence-corrected chi connectivity index (χ3v) is 1.55. The molecule has 0 aliphatic carbocycles. The average Bonchev–Trinajstić information content (AvgIpc) is 2.16. The lowest BCUT2D eigenvalue weighted by atomic mass is 10.1. The Kier molecular flexibility index (Phi) is 2.12. The van der Waals surface area contributed by atoms with E-state index in [4.69, 9.17) is 0 Å². The molecular weight excluding hydrogens is 162 g/mol. The van der Waals surface area contributed by atoms with E-state index in [0.717, 1.165) is 6.92 Å². The first kappa shape index (κ1) is 8.70. The highest BCUT2D eigenvalue weighted by molar-refractivity contribution is 6.02. The molecule has 12 heavy (non-hydrogen) atoms. The summed E-state index contributed by atoms with van der Waals surface area (Å²) < 4.78 is 0. The molecule has 1 heterocycles. The monoisotopic (exact) mass is 171 g/mol. The molecule has 0 N–H and O–H groups in total. The normalized spacial score (nSPS) is 23.2. The number of amides is 2. The molecule has 1 atom stereocenters. The van der Waals surface area contributed by atoms with E-state index in [2.05, 4.69) is 4.84 Å². The van der Waals surface area contributed by atoms with E-state index in [1.807, 2.05) is 0 Å². The number of carbonyl (C=O) groups is 3. The minimum atomic E-state index is -0.661. The minimum Gasteiger partial charge on any atom is -0.331 e. The van der Waals surface area contributed by atoms with Gasteiger partial charge < -0.3 is 4.84 Å². The second kappa shape index (κ2) is 2.92. The van der Waals surface area contributed by atoms with Gasteiger partial charge in [-0.1, -0.05) is 6.92 Å². The Hall–Kier alpha value is -1.39. The van der Waals surface area contributed by atoms with Gasteiger partial charge in [0, 0.05) is 19.3 Å². The summed E-state index contributed by atoms with van der Waals surface area (Å²) in [6.45, 7) is 2.76. The summed E-state index contributed by atoms with van der Waals surface area (Å²) in [5, 5.41) is 0.535. The zero-order valence-corrected chi connectivity index (χ0v) is 6.86. The molecule has 0 spiro atoms. The van der Waals surface area contributed by atoms with Crippen molar-refractivity contribution < 1.29 is 19.2 Å². The summed E-state index contributed by atoms with van der Waals surface area (Å²) >= 11 is 0. The number of hydroxylamine groups is 2. The number of rotatable bonds is 1. The van der Waals surface area contributed by atoms with Crippen LogP contribution in [0.2, 0.25) is 0 Å². The Morgan fingerprint density at radius 1 is 1.58 bits per heavy atom. The molecule has 1 saturated heterocycles. The predicted molar refractivity (Wildman–Crippen MR) is 37.4 cm³/mol. The fourth-order valence-electron chi connectivity index (χ4n) is 0.980. The molecule has 0 saturated carbocycles. The van der Waals surface area contributed by atoms with Crippen LogP contribution in [-0.4, -0.2) is 22.8 Å². The number of nitrogens with zero attached hydrogens (tertiary/aromatic N) is 1. The summed E-state index contributed by atoms with van der Waals surface area (Å²) in [6.07, 6.45) is 0.117. The molecule has 0 aromatic rings. The van der Waals surface area contributed by atoms with Crippen LogP contribution in [0.15, 0.2) is 0 Å². The third-order valence-electron chi connectivity index (χ3n) is 1.55. The Morgan fingerprint density at radius 2 is 2.17 bits per heavy atom. The first-order chi connectivity index (χ1) is 5.52. The van der Waals surface area contributed by atoms with Crippen molar-refractivity contribution in [2.75, 3.05) is 0 Å². The second-order valence-electron chi connectivity index (χ2n) is 2.71. The highest BCUT2D eigenvalue weighted by Gasteiger charge is 2.38. The third kappa shape index (κ3) is 1.44. The summed E-state index contributed by atoms with van der Waals surface area (Å²) in [4.78, 5) is 36.9. The average molecular weight is 171 g/mol. The Bertz CT molecular complexity index is 248. The first-order valence-corrected chi connectivity index (χ1v) is 3.57. The van der Waals surface area contributed by atoms with E-state index in [1.165, 1.54) is 0 Å². The molecular formula is C7H9NO4. The van der Waals surface area contributed by atoms with E-state index in [0.29, 0.717) is 5.06 Å². The molecule has 1 aliphatic heterocycles. The van der Waals surface area contributed by atoms with Gasteiger partial charge in [-0.15, -0.1) is 5.06 Å². The van der Waals surface area contributed by atoms with Crippen LogP contribution >= 0.6 is 0 Å². The molecule has 1 fully saturated rings. The quantitative estimate of drug-likeness (QED) is 0.515. The van der Waals surface area contributed by atoms with Crippen LogP contribution in [0.5, 0.6) is 0 Å². The lowest BCUT2D eigenvalue weighted by Gasteiger charge is -2.10. The van der Waals surface area contributed by atoms with Crippen molar-refractivity contribution in [2.24, 2.45) is 5.92 Å². The van der Waals surface area contributed by atoms with Crippen molar-refractivity contribution in [1.29, 1.82) is 0 Å². The van der Waals surface area contributed by atoms with E-state index in [9.17, 15) is 14.4 Å². The number of imide groups is 1. The van der Waals surface area contributed by atoms with Crippen molar-refractivity contribution in [3.05, 3.63) is 0 Å². The number of carbonyl (C=O) groups excluding carboxylic acids is 3. The molecule has 66 valence electrons. The molecule has 0 aromatic heterocycles. The molecule has 5 nitrogen and oxygen atoms in total. The van der Waals surface area contributed by atoms with Crippen molar-refractivity contribution in [3.63, 3.8) is 0 Å². The molecule has 0 radical (unpaired) electrons. The molecule has 1 aliphatic rings. The first-order valence-electron chi connectivity index (χ1n) is 3.57. The molecule has 1 rings (SSSR count). The lowest BCUT2D eigenvalue weighted by molar-refractivity contribution is -0.196. The Morgan fingerprint density at radius 3 is 2.50 bits per heavy atom. The predicted octanol–water partition coefficient (Wildman–Crippen LogP) is -0.141. The number of hydrogen-bond acceptors (Lipinski definition) is 4. The smallest absolute Gasteiger partial charge is 0.330 e.